The number of benzene rings is 2. The fourth-order valence-electron chi connectivity index (χ4n) is 4.87. The Labute approximate surface area is 237 Å². The molecular weight excluding hydrogens is 560 g/mol. The van der Waals surface area contributed by atoms with E-state index in [1.54, 1.807) is 0 Å². The highest BCUT2D eigenvalue weighted by atomic mass is 16.8. The molecule has 3 heterocycles. The molecule has 2 aromatic rings. The van der Waals surface area contributed by atoms with Gasteiger partial charge in [0.15, 0.2) is 17.6 Å². The highest BCUT2D eigenvalue weighted by molar-refractivity contribution is 6.09. The molecule has 0 spiro atoms. The van der Waals surface area contributed by atoms with E-state index < -0.39 is 66.4 Å². The van der Waals surface area contributed by atoms with E-state index in [0.29, 0.717) is 18.7 Å². The summed E-state index contributed by atoms with van der Waals surface area (Å²) in [6.45, 7) is 0.253. The number of rotatable bonds is 7. The number of aliphatic hydroxyl groups excluding tert-OH is 4. The molecule has 2 amide bonds. The summed E-state index contributed by atoms with van der Waals surface area (Å²) >= 11 is 0. The number of hydrogen-bond acceptors (Lipinski definition) is 12. The summed E-state index contributed by atoms with van der Waals surface area (Å²) in [6, 6.07) is 4.85. The van der Waals surface area contributed by atoms with Crippen molar-refractivity contribution in [3.63, 3.8) is 0 Å². The van der Waals surface area contributed by atoms with Crippen molar-refractivity contribution in [2.75, 3.05) is 24.6 Å². The van der Waals surface area contributed by atoms with Crippen molar-refractivity contribution in [1.29, 1.82) is 0 Å². The van der Waals surface area contributed by atoms with Gasteiger partial charge in [-0.2, -0.15) is 0 Å². The Balaban J connectivity index is 1.44. The number of fused-ring (bicyclic) bond motifs is 1. The zero-order valence-electron chi connectivity index (χ0n) is 21.8. The molecule has 224 valence electrons. The molecule has 3 aliphatic heterocycles. The number of carbonyl (C=O) groups is 3. The average Bonchev–Trinajstić information content (AvgIpc) is 3.74. The molecule has 6 atom stereocenters. The quantitative estimate of drug-likeness (QED) is 0.100. The normalized spacial score (nSPS) is 28.5. The molecule has 2 aromatic carbocycles. The lowest BCUT2D eigenvalue weighted by molar-refractivity contribution is -0.422. The predicted molar refractivity (Wildman–Crippen MR) is 139 cm³/mol. The second kappa shape index (κ2) is 10.9. The largest absolute Gasteiger partial charge is 0.507 e. The second-order valence-corrected chi connectivity index (χ2v) is 10.1. The van der Waals surface area contributed by atoms with E-state index in [1.807, 2.05) is 0 Å². The van der Waals surface area contributed by atoms with Gasteiger partial charge in [0.25, 0.3) is 11.8 Å². The fraction of sp³-hybridized carbons (Fsp3) is 0.370. The van der Waals surface area contributed by atoms with Gasteiger partial charge in [-0.1, -0.05) is 6.07 Å². The van der Waals surface area contributed by atoms with Gasteiger partial charge in [0.05, 0.1) is 17.9 Å². The molecule has 2 fully saturated rings. The van der Waals surface area contributed by atoms with Crippen LogP contribution in [0.15, 0.2) is 36.4 Å². The van der Waals surface area contributed by atoms with Gasteiger partial charge < -0.3 is 55.2 Å². The molecule has 15 heteroatoms. The lowest BCUT2D eigenvalue weighted by Crippen LogP contribution is -2.67. The van der Waals surface area contributed by atoms with E-state index in [1.165, 1.54) is 29.2 Å². The number of phenols is 2. The molecule has 42 heavy (non-hydrogen) atoms. The van der Waals surface area contributed by atoms with Crippen molar-refractivity contribution in [2.45, 2.75) is 42.9 Å². The van der Waals surface area contributed by atoms with Gasteiger partial charge in [0.2, 0.25) is 0 Å². The second-order valence-electron chi connectivity index (χ2n) is 10.1. The van der Waals surface area contributed by atoms with Crippen molar-refractivity contribution in [2.24, 2.45) is 0 Å². The number of amides is 2. The minimum absolute atomic E-state index is 0.0267. The molecule has 8 N–H and O–H groups in total. The number of aliphatic hydroxyl groups is 5. The first-order valence-corrected chi connectivity index (χ1v) is 12.8. The van der Waals surface area contributed by atoms with Crippen molar-refractivity contribution in [1.82, 2.24) is 4.90 Å². The monoisotopic (exact) mass is 588 g/mol. The van der Waals surface area contributed by atoms with Crippen LogP contribution in [-0.4, -0.2) is 120 Å². The van der Waals surface area contributed by atoms with Crippen molar-refractivity contribution >= 4 is 29.5 Å². The Morgan fingerprint density at radius 1 is 1.05 bits per heavy atom. The summed E-state index contributed by atoms with van der Waals surface area (Å²) in [5, 5.41) is 80.9. The van der Waals surface area contributed by atoms with Crippen molar-refractivity contribution < 1.29 is 64.7 Å². The summed E-state index contributed by atoms with van der Waals surface area (Å²) in [5.74, 6) is -7.07. The Kier molecular flexibility index (Phi) is 7.57. The summed E-state index contributed by atoms with van der Waals surface area (Å²) < 4.78 is 10.3. The predicted octanol–water partition coefficient (Wildman–Crippen LogP) is -1.89. The van der Waals surface area contributed by atoms with E-state index >= 15 is 0 Å². The van der Waals surface area contributed by atoms with E-state index in [9.17, 15) is 55.2 Å². The summed E-state index contributed by atoms with van der Waals surface area (Å²) in [7, 11) is 0. The van der Waals surface area contributed by atoms with Crippen LogP contribution in [0.25, 0.3) is 6.08 Å². The summed E-state index contributed by atoms with van der Waals surface area (Å²) in [5.41, 5.74) is 0.615. The minimum Gasteiger partial charge on any atom is -0.507 e. The highest BCUT2D eigenvalue weighted by Gasteiger charge is 2.55. The molecular formula is C27H28N2O13. The Morgan fingerprint density at radius 3 is 2.40 bits per heavy atom. The smallest absolute Gasteiger partial charge is 0.355 e. The number of aromatic hydroxyl groups is 2. The van der Waals surface area contributed by atoms with Crippen LogP contribution in [0.2, 0.25) is 0 Å². The molecule has 3 aliphatic rings. The number of carboxylic acid groups (broad SMARTS) is 1. The zero-order valence-corrected chi connectivity index (χ0v) is 21.8. The first-order valence-electron chi connectivity index (χ1n) is 12.8. The van der Waals surface area contributed by atoms with Crippen molar-refractivity contribution in [3.8, 4) is 17.2 Å². The molecule has 2 saturated heterocycles. The van der Waals surface area contributed by atoms with Crippen LogP contribution in [0.4, 0.5) is 5.69 Å². The summed E-state index contributed by atoms with van der Waals surface area (Å²) in [6.07, 6.45) is -5.47. The molecule has 6 unspecified atom stereocenters. The van der Waals surface area contributed by atoms with E-state index in [0.717, 1.165) is 23.1 Å². The van der Waals surface area contributed by atoms with Gasteiger partial charge in [-0.3, -0.25) is 14.5 Å². The number of phenolic OH excluding ortho intramolecular Hbond substituents is 2. The maximum Gasteiger partial charge on any atom is 0.355 e. The number of ether oxygens (including phenoxy) is 2. The lowest BCUT2D eigenvalue weighted by atomic mass is 9.98. The number of nitrogens with zero attached hydrogens (tertiary/aromatic N) is 2. The first-order chi connectivity index (χ1) is 19.8. The zero-order chi connectivity index (χ0) is 30.5. The maximum atomic E-state index is 13.3. The topological polar surface area (TPSA) is 238 Å². The third kappa shape index (κ3) is 5.24. The lowest BCUT2D eigenvalue weighted by Gasteiger charge is -2.44. The number of carboxylic acids is 1. The van der Waals surface area contributed by atoms with Gasteiger partial charge in [-0.15, -0.1) is 0 Å². The molecule has 0 saturated carbocycles. The van der Waals surface area contributed by atoms with Crippen LogP contribution in [0.3, 0.4) is 0 Å². The third-order valence-electron chi connectivity index (χ3n) is 7.26. The summed E-state index contributed by atoms with van der Waals surface area (Å²) in [4.78, 5) is 40.2. The first kappa shape index (κ1) is 29.2. The fourth-order valence-corrected chi connectivity index (χ4v) is 4.87. The maximum absolute atomic E-state index is 13.3. The number of anilines is 1. The minimum atomic E-state index is -3.07. The Bertz CT molecular complexity index is 1460. The molecule has 15 nitrogen and oxygen atoms in total. The van der Waals surface area contributed by atoms with Crippen molar-refractivity contribution in [3.05, 3.63) is 53.1 Å². The SMILES string of the molecule is O=C(O)C1Cc2cc(O)c(OC3(O)OC(CO)C(O)C(O)C3O)cc2N1C(=O)C=Cc1ccc(O)c(C(=O)N2CC2)c1. The molecule has 5 rings (SSSR count). The van der Waals surface area contributed by atoms with Gasteiger partial charge in [-0.25, -0.2) is 4.79 Å². The van der Waals surface area contributed by atoms with E-state index in [2.05, 4.69) is 0 Å². The standard InChI is InChI=1S/C27H28N2O13/c30-11-20-22(34)23(35)24(36)27(40,42-20)41-19-10-15-13(9-18(19)32)8-16(26(38)39)29(15)21(33)4-2-12-1-3-17(31)14(7-12)25(37)28-5-6-28/h1-4,7,9-10,16,20,22-24,30-32,34-36,40H,5-6,8,11H2,(H,38,39). The Morgan fingerprint density at radius 2 is 1.76 bits per heavy atom. The number of aliphatic carboxylic acids is 1. The number of hydrogen-bond donors (Lipinski definition) is 8. The molecule has 0 radical (unpaired) electrons. The van der Waals surface area contributed by atoms with E-state index in [-0.39, 0.29) is 34.9 Å². The van der Waals surface area contributed by atoms with Crippen LogP contribution >= 0.6 is 0 Å². The molecule has 0 bridgehead atoms. The van der Waals surface area contributed by atoms with E-state index in [4.69, 9.17) is 9.47 Å². The van der Waals surface area contributed by atoms with Crippen LogP contribution in [0, 0.1) is 0 Å². The third-order valence-corrected chi connectivity index (χ3v) is 7.26. The van der Waals surface area contributed by atoms with Crippen LogP contribution in [-0.2, 0) is 20.7 Å². The van der Waals surface area contributed by atoms with Crippen LogP contribution in [0.1, 0.15) is 21.5 Å². The molecule has 0 aromatic heterocycles. The van der Waals surface area contributed by atoms with Gasteiger partial charge in [-0.05, 0) is 35.4 Å². The Hall–Kier alpha value is -4.25. The highest BCUT2D eigenvalue weighted by Crippen LogP contribution is 2.43. The van der Waals surface area contributed by atoms with Crippen LogP contribution in [0.5, 0.6) is 17.2 Å². The van der Waals surface area contributed by atoms with Gasteiger partial charge in [0.1, 0.15) is 30.1 Å². The number of carbonyl (C=O) groups excluding carboxylic acids is 2. The van der Waals surface area contributed by atoms with Crippen LogP contribution < -0.4 is 9.64 Å². The van der Waals surface area contributed by atoms with Gasteiger partial charge in [0, 0.05) is 31.7 Å². The van der Waals surface area contributed by atoms with Gasteiger partial charge >= 0.3 is 11.9 Å². The average molecular weight is 589 g/mol. The molecule has 0 aliphatic carbocycles.